The Balaban J connectivity index is 2.89. The number of benzene rings is 1. The molecule has 0 aliphatic heterocycles. The molecule has 0 atom stereocenters. The molecular formula is C16H20N2O3S. The number of hydrogen-bond acceptors (Lipinski definition) is 4. The lowest BCUT2D eigenvalue weighted by atomic mass is 9.87. The van der Waals surface area contributed by atoms with Gasteiger partial charge in [0.25, 0.3) is 5.91 Å². The number of nitrogens with one attached hydrogen (secondary N) is 1. The number of amides is 1. The monoisotopic (exact) mass is 320 g/mol. The molecule has 0 aliphatic carbocycles. The summed E-state index contributed by atoms with van der Waals surface area (Å²) in [7, 11) is -3.85. The van der Waals surface area contributed by atoms with Gasteiger partial charge in [0.1, 0.15) is 0 Å². The number of carbonyl (C=O) groups excluding carboxylic acids is 1. The number of nitrogens with zero attached hydrogens (tertiary/aromatic N) is 1. The maximum absolute atomic E-state index is 12.0. The third kappa shape index (κ3) is 5.34. The zero-order valence-electron chi connectivity index (χ0n) is 13.2. The molecule has 0 aliphatic rings. The van der Waals surface area contributed by atoms with Crippen molar-refractivity contribution in [1.82, 2.24) is 4.72 Å². The Morgan fingerprint density at radius 1 is 1.32 bits per heavy atom. The molecule has 1 aromatic carbocycles. The molecular weight excluding hydrogens is 300 g/mol. The highest BCUT2D eigenvalue weighted by molar-refractivity contribution is 7.89. The van der Waals surface area contributed by atoms with Crippen molar-refractivity contribution in [1.29, 1.82) is 5.26 Å². The lowest BCUT2D eigenvalue weighted by Crippen LogP contribution is -2.31. The van der Waals surface area contributed by atoms with Crippen LogP contribution in [0.5, 0.6) is 0 Å². The van der Waals surface area contributed by atoms with Crippen molar-refractivity contribution in [3.8, 4) is 6.07 Å². The van der Waals surface area contributed by atoms with Crippen LogP contribution in [0.25, 0.3) is 0 Å². The van der Waals surface area contributed by atoms with Crippen LogP contribution in [0.2, 0.25) is 0 Å². The van der Waals surface area contributed by atoms with Crippen molar-refractivity contribution in [3.05, 3.63) is 47.0 Å². The Bertz CT molecular complexity index is 735. The van der Waals surface area contributed by atoms with E-state index in [1.165, 1.54) is 12.1 Å². The van der Waals surface area contributed by atoms with Gasteiger partial charge in [-0.1, -0.05) is 44.5 Å². The minimum Gasteiger partial charge on any atom is -0.269 e. The predicted octanol–water partition coefficient (Wildman–Crippen LogP) is 2.50. The number of carbonyl (C=O) groups is 1. The van der Waals surface area contributed by atoms with Gasteiger partial charge in [-0.15, -0.1) is 0 Å². The molecule has 0 aromatic heterocycles. The first-order valence-corrected chi connectivity index (χ1v) is 8.41. The molecule has 0 unspecified atom stereocenters. The van der Waals surface area contributed by atoms with Gasteiger partial charge in [-0.2, -0.15) is 5.26 Å². The van der Waals surface area contributed by atoms with Crippen LogP contribution in [0, 0.1) is 16.7 Å². The Hall–Kier alpha value is -2.13. The van der Waals surface area contributed by atoms with Crippen molar-refractivity contribution in [2.75, 3.05) is 0 Å². The van der Waals surface area contributed by atoms with Crippen molar-refractivity contribution in [2.24, 2.45) is 5.41 Å². The second kappa shape index (κ2) is 6.75. The summed E-state index contributed by atoms with van der Waals surface area (Å²) in [6, 6.07) is 8.33. The normalized spacial score (nSPS) is 12.6. The molecule has 6 heteroatoms. The molecule has 0 radical (unpaired) electrons. The third-order valence-electron chi connectivity index (χ3n) is 3.27. The first kappa shape index (κ1) is 17.9. The Labute approximate surface area is 131 Å². The first-order chi connectivity index (χ1) is 10.0. The van der Waals surface area contributed by atoms with Gasteiger partial charge in [0.05, 0.1) is 17.4 Å². The molecule has 1 aromatic rings. The largest absolute Gasteiger partial charge is 0.269 e. The third-order valence-corrected chi connectivity index (χ3v) is 4.47. The highest BCUT2D eigenvalue weighted by atomic mass is 32.2. The lowest BCUT2D eigenvalue weighted by molar-refractivity contribution is -0.114. The number of hydrogen-bond donors (Lipinski definition) is 1. The highest BCUT2D eigenvalue weighted by Crippen LogP contribution is 2.23. The summed E-state index contributed by atoms with van der Waals surface area (Å²) in [5, 5.41) is 8.96. The second-order valence-corrected chi connectivity index (χ2v) is 7.79. The second-order valence-electron chi connectivity index (χ2n) is 6.07. The molecule has 1 rings (SSSR count). The predicted molar refractivity (Wildman–Crippen MR) is 85.1 cm³/mol. The highest BCUT2D eigenvalue weighted by Gasteiger charge is 2.18. The quantitative estimate of drug-likeness (QED) is 0.863. The number of rotatable bonds is 4. The summed E-state index contributed by atoms with van der Waals surface area (Å²) >= 11 is 0. The molecule has 0 saturated carbocycles. The summed E-state index contributed by atoms with van der Waals surface area (Å²) in [6.07, 6.45) is 1.29. The summed E-state index contributed by atoms with van der Waals surface area (Å²) in [6.45, 7) is 7.58. The van der Waals surface area contributed by atoms with E-state index >= 15 is 0 Å². The van der Waals surface area contributed by atoms with Gasteiger partial charge in [-0.25, -0.2) is 13.1 Å². The van der Waals surface area contributed by atoms with Crippen LogP contribution in [0.1, 0.15) is 38.8 Å². The summed E-state index contributed by atoms with van der Waals surface area (Å²) in [4.78, 5) is 11.8. The molecule has 0 saturated heterocycles. The minimum atomic E-state index is -3.85. The van der Waals surface area contributed by atoms with E-state index in [0.717, 1.165) is 5.57 Å². The number of allylic oxidation sites excluding steroid dienone is 1. The van der Waals surface area contributed by atoms with E-state index in [1.807, 2.05) is 31.6 Å². The SMILES string of the molecule is C/C(=C/C(=O)NS(=O)(=O)Cc1ccccc1C#N)C(C)(C)C. The summed E-state index contributed by atoms with van der Waals surface area (Å²) in [5.74, 6) is -1.09. The van der Waals surface area contributed by atoms with Crippen LogP contribution >= 0.6 is 0 Å². The average molecular weight is 320 g/mol. The van der Waals surface area contributed by atoms with Crippen LogP contribution in [0.15, 0.2) is 35.9 Å². The van der Waals surface area contributed by atoms with Crippen molar-refractivity contribution < 1.29 is 13.2 Å². The van der Waals surface area contributed by atoms with Crippen molar-refractivity contribution >= 4 is 15.9 Å². The Morgan fingerprint density at radius 2 is 1.91 bits per heavy atom. The average Bonchev–Trinajstić information content (AvgIpc) is 2.36. The van der Waals surface area contributed by atoms with Gasteiger partial charge in [-0.05, 0) is 24.0 Å². The number of sulfonamides is 1. The zero-order chi connectivity index (χ0) is 17.0. The molecule has 5 nitrogen and oxygen atoms in total. The standard InChI is InChI=1S/C16H20N2O3S/c1-12(16(2,3)4)9-15(19)18-22(20,21)11-14-8-6-5-7-13(14)10-17/h5-9H,11H2,1-4H3,(H,18,19)/b12-9-. The van der Waals surface area contributed by atoms with Crippen molar-refractivity contribution in [2.45, 2.75) is 33.4 Å². The van der Waals surface area contributed by atoms with Gasteiger partial charge >= 0.3 is 0 Å². The Morgan fingerprint density at radius 3 is 2.45 bits per heavy atom. The maximum atomic E-state index is 12.0. The van der Waals surface area contributed by atoms with Gasteiger partial charge < -0.3 is 0 Å². The van der Waals surface area contributed by atoms with Gasteiger partial charge in [0.15, 0.2) is 0 Å². The number of nitriles is 1. The topological polar surface area (TPSA) is 87.0 Å². The van der Waals surface area contributed by atoms with E-state index in [2.05, 4.69) is 0 Å². The smallest absolute Gasteiger partial charge is 0.257 e. The van der Waals surface area contributed by atoms with E-state index < -0.39 is 21.7 Å². The minimum absolute atomic E-state index is 0.214. The summed E-state index contributed by atoms with van der Waals surface area (Å²) in [5.41, 5.74) is 1.20. The van der Waals surface area contributed by atoms with E-state index in [4.69, 9.17) is 5.26 Å². The fraction of sp³-hybridized carbons (Fsp3) is 0.375. The summed E-state index contributed by atoms with van der Waals surface area (Å²) < 4.78 is 26.1. The van der Waals surface area contributed by atoms with E-state index in [9.17, 15) is 13.2 Å². The van der Waals surface area contributed by atoms with Gasteiger partial charge in [0.2, 0.25) is 10.0 Å². The molecule has 1 N–H and O–H groups in total. The van der Waals surface area contributed by atoms with Gasteiger partial charge in [0, 0.05) is 6.08 Å². The zero-order valence-corrected chi connectivity index (χ0v) is 14.0. The van der Waals surface area contributed by atoms with Crippen LogP contribution in [-0.2, 0) is 20.6 Å². The van der Waals surface area contributed by atoms with E-state index in [-0.39, 0.29) is 11.0 Å². The van der Waals surface area contributed by atoms with Crippen LogP contribution in [-0.4, -0.2) is 14.3 Å². The molecule has 0 heterocycles. The van der Waals surface area contributed by atoms with E-state index in [1.54, 1.807) is 25.1 Å². The molecule has 0 spiro atoms. The Kier molecular flexibility index (Phi) is 5.50. The van der Waals surface area contributed by atoms with Crippen molar-refractivity contribution in [3.63, 3.8) is 0 Å². The first-order valence-electron chi connectivity index (χ1n) is 6.76. The maximum Gasteiger partial charge on any atom is 0.257 e. The molecule has 0 fully saturated rings. The van der Waals surface area contributed by atoms with E-state index in [0.29, 0.717) is 5.56 Å². The molecule has 22 heavy (non-hydrogen) atoms. The lowest BCUT2D eigenvalue weighted by Gasteiger charge is -2.19. The molecule has 118 valence electrons. The fourth-order valence-corrected chi connectivity index (χ4v) is 2.69. The fourth-order valence-electron chi connectivity index (χ4n) is 1.59. The van der Waals surface area contributed by atoms with Gasteiger partial charge in [-0.3, -0.25) is 4.79 Å². The van der Waals surface area contributed by atoms with Crippen LogP contribution in [0.3, 0.4) is 0 Å². The van der Waals surface area contributed by atoms with Crippen LogP contribution < -0.4 is 4.72 Å². The molecule has 0 bridgehead atoms. The van der Waals surface area contributed by atoms with Crippen LogP contribution in [0.4, 0.5) is 0 Å². The molecule has 1 amide bonds.